The van der Waals surface area contributed by atoms with Crippen LogP contribution in [-0.4, -0.2) is 64.3 Å². The predicted molar refractivity (Wildman–Crippen MR) is 109 cm³/mol. The van der Waals surface area contributed by atoms with Crippen molar-refractivity contribution in [1.82, 2.24) is 19.4 Å². The molecule has 1 N–H and O–H groups in total. The molecule has 0 spiro atoms. The number of aromatic amines is 1. The Morgan fingerprint density at radius 2 is 1.78 bits per heavy atom. The molecule has 0 unspecified atom stereocenters. The van der Waals surface area contributed by atoms with Gasteiger partial charge in [-0.25, -0.2) is 4.79 Å². The highest BCUT2D eigenvalue weighted by Crippen LogP contribution is 2.30. The van der Waals surface area contributed by atoms with E-state index in [-0.39, 0.29) is 6.09 Å². The average Bonchev–Trinajstić information content (AvgIpc) is 3.04. The van der Waals surface area contributed by atoms with Crippen LogP contribution >= 0.6 is 12.2 Å². The molecule has 0 radical (unpaired) electrons. The standard InChI is InChI=1S/C20H28N4O2S/c1-2-26-20(25)23-13-7-15(8-14-23)22-11-9-16(10-12-22)24-18-6-4-3-5-17(18)21-19(24)27/h3-6,15-16H,2,7-14H2,1H3,(H,21,27). The number of benzene rings is 1. The van der Waals surface area contributed by atoms with Gasteiger partial charge in [0.15, 0.2) is 4.77 Å². The summed E-state index contributed by atoms with van der Waals surface area (Å²) in [5, 5.41) is 0. The van der Waals surface area contributed by atoms with E-state index in [4.69, 9.17) is 17.0 Å². The smallest absolute Gasteiger partial charge is 0.409 e. The lowest BCUT2D eigenvalue weighted by Gasteiger charge is -2.41. The molecule has 2 fully saturated rings. The number of H-pyrrole nitrogens is 1. The normalized spacial score (nSPS) is 20.3. The first kappa shape index (κ1) is 18.5. The van der Waals surface area contributed by atoms with Gasteiger partial charge in [-0.2, -0.15) is 0 Å². The zero-order chi connectivity index (χ0) is 18.8. The molecule has 4 rings (SSSR count). The first-order valence-corrected chi connectivity index (χ1v) is 10.4. The zero-order valence-electron chi connectivity index (χ0n) is 15.9. The number of carbonyl (C=O) groups excluding carboxylic acids is 1. The lowest BCUT2D eigenvalue weighted by Crippen LogP contribution is -2.49. The van der Waals surface area contributed by atoms with E-state index in [0.717, 1.165) is 62.2 Å². The Bertz CT molecular complexity index is 845. The number of aromatic nitrogens is 2. The second-order valence-electron chi connectivity index (χ2n) is 7.50. The van der Waals surface area contributed by atoms with Crippen LogP contribution in [0.15, 0.2) is 24.3 Å². The Balaban J connectivity index is 1.35. The summed E-state index contributed by atoms with van der Waals surface area (Å²) in [5.74, 6) is 0. The SMILES string of the molecule is CCOC(=O)N1CCC(N2CCC(n3c(=S)[nH]c4ccccc43)CC2)CC1. The highest BCUT2D eigenvalue weighted by molar-refractivity contribution is 7.71. The zero-order valence-corrected chi connectivity index (χ0v) is 16.7. The molecule has 7 heteroatoms. The molecule has 0 aliphatic carbocycles. The van der Waals surface area contributed by atoms with Crippen molar-refractivity contribution >= 4 is 29.3 Å². The molecule has 1 aromatic carbocycles. The maximum atomic E-state index is 11.9. The highest BCUT2D eigenvalue weighted by Gasteiger charge is 2.30. The summed E-state index contributed by atoms with van der Waals surface area (Å²) in [5.41, 5.74) is 2.33. The van der Waals surface area contributed by atoms with Crippen LogP contribution in [-0.2, 0) is 4.74 Å². The number of nitrogens with zero attached hydrogens (tertiary/aromatic N) is 3. The molecular formula is C20H28N4O2S. The molecule has 1 aromatic heterocycles. The summed E-state index contributed by atoms with van der Waals surface area (Å²) in [4.78, 5) is 19.7. The topological polar surface area (TPSA) is 53.5 Å². The van der Waals surface area contributed by atoms with E-state index >= 15 is 0 Å². The highest BCUT2D eigenvalue weighted by atomic mass is 32.1. The van der Waals surface area contributed by atoms with Gasteiger partial charge in [0, 0.05) is 38.3 Å². The first-order valence-electron chi connectivity index (χ1n) is 10.0. The summed E-state index contributed by atoms with van der Waals surface area (Å²) in [7, 11) is 0. The number of imidazole rings is 1. The van der Waals surface area contributed by atoms with Crippen molar-refractivity contribution in [3.05, 3.63) is 29.0 Å². The third-order valence-electron chi connectivity index (χ3n) is 6.00. The van der Waals surface area contributed by atoms with Gasteiger partial charge in [0.05, 0.1) is 17.6 Å². The number of carbonyl (C=O) groups is 1. The Morgan fingerprint density at radius 1 is 1.11 bits per heavy atom. The predicted octanol–water partition coefficient (Wildman–Crippen LogP) is 3.96. The molecule has 6 nitrogen and oxygen atoms in total. The van der Waals surface area contributed by atoms with E-state index in [9.17, 15) is 4.79 Å². The molecule has 146 valence electrons. The van der Waals surface area contributed by atoms with Crippen LogP contribution in [0.3, 0.4) is 0 Å². The average molecular weight is 389 g/mol. The fourth-order valence-electron chi connectivity index (χ4n) is 4.57. The molecule has 1 amide bonds. The second-order valence-corrected chi connectivity index (χ2v) is 7.89. The number of piperidine rings is 2. The fraction of sp³-hybridized carbons (Fsp3) is 0.600. The van der Waals surface area contributed by atoms with Crippen molar-refractivity contribution in [3.8, 4) is 0 Å². The number of fused-ring (bicyclic) bond motifs is 1. The lowest BCUT2D eigenvalue weighted by atomic mass is 9.98. The summed E-state index contributed by atoms with van der Waals surface area (Å²) >= 11 is 5.59. The minimum Gasteiger partial charge on any atom is -0.450 e. The molecule has 0 atom stereocenters. The number of rotatable bonds is 3. The van der Waals surface area contributed by atoms with E-state index in [0.29, 0.717) is 18.7 Å². The molecule has 3 heterocycles. The van der Waals surface area contributed by atoms with Crippen LogP contribution in [0.2, 0.25) is 0 Å². The maximum absolute atomic E-state index is 11.9. The third kappa shape index (κ3) is 3.75. The van der Waals surface area contributed by atoms with Crippen molar-refractivity contribution in [1.29, 1.82) is 0 Å². The molecule has 0 bridgehead atoms. The summed E-state index contributed by atoms with van der Waals surface area (Å²) in [6.45, 7) is 6.09. The molecule has 2 aliphatic heterocycles. The van der Waals surface area contributed by atoms with E-state index < -0.39 is 0 Å². The van der Waals surface area contributed by atoms with Crippen LogP contribution in [0.25, 0.3) is 11.0 Å². The Hall–Kier alpha value is -1.86. The number of ether oxygens (including phenoxy) is 1. The van der Waals surface area contributed by atoms with E-state index in [1.807, 2.05) is 17.9 Å². The minimum atomic E-state index is -0.164. The van der Waals surface area contributed by atoms with Gasteiger partial charge in [0.25, 0.3) is 0 Å². The van der Waals surface area contributed by atoms with E-state index in [1.165, 1.54) is 5.52 Å². The monoisotopic (exact) mass is 388 g/mol. The van der Waals surface area contributed by atoms with Gasteiger partial charge in [0.1, 0.15) is 0 Å². The van der Waals surface area contributed by atoms with E-state index in [1.54, 1.807) is 0 Å². The number of nitrogens with one attached hydrogen (secondary N) is 1. The number of likely N-dealkylation sites (tertiary alicyclic amines) is 2. The molecule has 2 saturated heterocycles. The van der Waals surface area contributed by atoms with Crippen molar-refractivity contribution in [2.24, 2.45) is 0 Å². The Labute approximate surface area is 165 Å². The third-order valence-corrected chi connectivity index (χ3v) is 6.29. The van der Waals surface area contributed by atoms with Crippen LogP contribution in [0.5, 0.6) is 0 Å². The number of amides is 1. The minimum absolute atomic E-state index is 0.164. The molecule has 0 saturated carbocycles. The van der Waals surface area contributed by atoms with Gasteiger partial charge in [-0.1, -0.05) is 12.1 Å². The Morgan fingerprint density at radius 3 is 2.48 bits per heavy atom. The number of hydrogen-bond donors (Lipinski definition) is 1. The lowest BCUT2D eigenvalue weighted by molar-refractivity contribution is 0.0626. The van der Waals surface area contributed by atoms with Gasteiger partial charge >= 0.3 is 6.09 Å². The quantitative estimate of drug-likeness (QED) is 0.809. The van der Waals surface area contributed by atoms with Crippen LogP contribution < -0.4 is 0 Å². The van der Waals surface area contributed by atoms with Gasteiger partial charge in [-0.15, -0.1) is 0 Å². The summed E-state index contributed by atoms with van der Waals surface area (Å²) in [6, 6.07) is 9.40. The largest absolute Gasteiger partial charge is 0.450 e. The van der Waals surface area contributed by atoms with Gasteiger partial charge in [0.2, 0.25) is 0 Å². The van der Waals surface area contributed by atoms with E-state index in [2.05, 4.69) is 32.7 Å². The summed E-state index contributed by atoms with van der Waals surface area (Å²) < 4.78 is 8.26. The number of hydrogen-bond acceptors (Lipinski definition) is 4. The van der Waals surface area contributed by atoms with Crippen LogP contribution in [0.4, 0.5) is 4.79 Å². The van der Waals surface area contributed by atoms with Crippen LogP contribution in [0.1, 0.15) is 38.6 Å². The van der Waals surface area contributed by atoms with Gasteiger partial charge in [-0.3, -0.25) is 0 Å². The fourth-order valence-corrected chi connectivity index (χ4v) is 4.93. The molecule has 27 heavy (non-hydrogen) atoms. The molecule has 2 aromatic rings. The van der Waals surface area contributed by atoms with Crippen molar-refractivity contribution in [2.45, 2.75) is 44.7 Å². The first-order chi connectivity index (χ1) is 13.2. The van der Waals surface area contributed by atoms with Crippen molar-refractivity contribution in [3.63, 3.8) is 0 Å². The van der Waals surface area contributed by atoms with Crippen LogP contribution in [0, 0.1) is 4.77 Å². The van der Waals surface area contributed by atoms with Crippen molar-refractivity contribution in [2.75, 3.05) is 32.8 Å². The second kappa shape index (κ2) is 8.02. The maximum Gasteiger partial charge on any atom is 0.409 e. The van der Waals surface area contributed by atoms with Gasteiger partial charge < -0.3 is 24.1 Å². The Kier molecular flexibility index (Phi) is 5.50. The van der Waals surface area contributed by atoms with Gasteiger partial charge in [-0.05, 0) is 57.0 Å². The summed E-state index contributed by atoms with van der Waals surface area (Å²) in [6.07, 6.45) is 4.15. The molecular weight excluding hydrogens is 360 g/mol. The molecule has 2 aliphatic rings. The number of para-hydroxylation sites is 2. The van der Waals surface area contributed by atoms with Crippen molar-refractivity contribution < 1.29 is 9.53 Å².